The second-order valence-electron chi connectivity index (χ2n) is 5.92. The molecule has 0 saturated heterocycles. The lowest BCUT2D eigenvalue weighted by Gasteiger charge is -2.18. The molecule has 11 heteroatoms. The van der Waals surface area contributed by atoms with Gasteiger partial charge in [-0.1, -0.05) is 17.7 Å². The number of ether oxygens (including phenoxy) is 1. The molecule has 0 amide bonds. The number of carbonyl (C=O) groups is 1. The van der Waals surface area contributed by atoms with Crippen molar-refractivity contribution in [3.05, 3.63) is 62.7 Å². The summed E-state index contributed by atoms with van der Waals surface area (Å²) in [6.45, 7) is 1.82. The highest BCUT2D eigenvalue weighted by Crippen LogP contribution is 2.34. The number of rotatable bonds is 8. The van der Waals surface area contributed by atoms with E-state index < -0.39 is 28.7 Å². The molecule has 2 N–H and O–H groups in total. The van der Waals surface area contributed by atoms with E-state index in [-0.39, 0.29) is 35.2 Å². The van der Waals surface area contributed by atoms with Crippen molar-refractivity contribution in [3.63, 3.8) is 0 Å². The van der Waals surface area contributed by atoms with Gasteiger partial charge in [0.05, 0.1) is 27.8 Å². The molecule has 29 heavy (non-hydrogen) atoms. The van der Waals surface area contributed by atoms with Crippen molar-refractivity contribution in [2.75, 3.05) is 11.9 Å². The van der Waals surface area contributed by atoms with E-state index in [0.717, 1.165) is 12.1 Å². The van der Waals surface area contributed by atoms with Gasteiger partial charge in [-0.25, -0.2) is 4.79 Å². The number of carboxylic acids is 1. The molecule has 0 aromatic heterocycles. The van der Waals surface area contributed by atoms with Crippen LogP contribution >= 0.6 is 11.6 Å². The molecule has 0 heterocycles. The Morgan fingerprint density at radius 1 is 1.31 bits per heavy atom. The summed E-state index contributed by atoms with van der Waals surface area (Å²) < 4.78 is 43.4. The number of alkyl halides is 3. The summed E-state index contributed by atoms with van der Waals surface area (Å²) in [6.07, 6.45) is -4.70. The zero-order valence-electron chi connectivity index (χ0n) is 15.0. The average Bonchev–Trinajstić information content (AvgIpc) is 2.61. The van der Waals surface area contributed by atoms with Gasteiger partial charge in [0.2, 0.25) is 0 Å². The summed E-state index contributed by atoms with van der Waals surface area (Å²) in [6, 6.07) is 5.21. The monoisotopic (exact) mass is 432 g/mol. The zero-order chi connectivity index (χ0) is 21.8. The Bertz CT molecular complexity index is 921. The van der Waals surface area contributed by atoms with Gasteiger partial charge in [0.25, 0.3) is 0 Å². The maximum Gasteiger partial charge on any atom is 0.416 e. The topological polar surface area (TPSA) is 102 Å². The van der Waals surface area contributed by atoms with Crippen LogP contribution in [0.3, 0.4) is 0 Å². The summed E-state index contributed by atoms with van der Waals surface area (Å²) >= 11 is 5.86. The molecule has 0 fully saturated rings. The second-order valence-corrected chi connectivity index (χ2v) is 6.33. The van der Waals surface area contributed by atoms with Crippen molar-refractivity contribution in [1.82, 2.24) is 0 Å². The van der Waals surface area contributed by atoms with Gasteiger partial charge in [-0.05, 0) is 36.8 Å². The number of hydrogen-bond acceptors (Lipinski definition) is 5. The van der Waals surface area contributed by atoms with E-state index in [1.807, 2.05) is 0 Å². The number of nitro benzene ring substituents is 1. The molecular weight excluding hydrogens is 417 g/mol. The number of hydrogen-bond donors (Lipinski definition) is 2. The Morgan fingerprint density at radius 2 is 2.00 bits per heavy atom. The number of nitrogens with one attached hydrogen (secondary N) is 1. The fourth-order valence-corrected chi connectivity index (χ4v) is 2.77. The summed E-state index contributed by atoms with van der Waals surface area (Å²) in [5.74, 6) is -1.29. The minimum absolute atomic E-state index is 0.00768. The Labute approximate surface area is 168 Å². The fourth-order valence-electron chi connectivity index (χ4n) is 2.54. The molecule has 0 unspecified atom stereocenters. The van der Waals surface area contributed by atoms with E-state index in [1.54, 1.807) is 6.92 Å². The van der Waals surface area contributed by atoms with Crippen LogP contribution in [0.25, 0.3) is 0 Å². The van der Waals surface area contributed by atoms with Crippen molar-refractivity contribution in [3.8, 4) is 5.75 Å². The number of anilines is 1. The fraction of sp³-hybridized carbons (Fsp3) is 0.278. The number of benzene rings is 2. The highest BCUT2D eigenvalue weighted by molar-refractivity contribution is 6.33. The number of halogens is 4. The van der Waals surface area contributed by atoms with Gasteiger partial charge in [-0.2, -0.15) is 13.2 Å². The second kappa shape index (κ2) is 8.99. The molecule has 0 bridgehead atoms. The van der Waals surface area contributed by atoms with Gasteiger partial charge in [0.15, 0.2) is 5.75 Å². The van der Waals surface area contributed by atoms with Crippen LogP contribution in [0.2, 0.25) is 5.02 Å². The molecule has 0 aliphatic carbocycles. The van der Waals surface area contributed by atoms with Gasteiger partial charge >= 0.3 is 17.8 Å². The van der Waals surface area contributed by atoms with Crippen molar-refractivity contribution in [1.29, 1.82) is 0 Å². The summed E-state index contributed by atoms with van der Waals surface area (Å²) in [5.41, 5.74) is -0.793. The summed E-state index contributed by atoms with van der Waals surface area (Å²) in [5, 5.41) is 22.8. The lowest BCUT2D eigenvalue weighted by Crippen LogP contribution is -2.31. The quantitative estimate of drug-likeness (QED) is 0.460. The minimum Gasteiger partial charge on any atom is -0.487 e. The van der Waals surface area contributed by atoms with Crippen LogP contribution in [-0.2, 0) is 17.4 Å². The van der Waals surface area contributed by atoms with Crippen LogP contribution in [0.1, 0.15) is 18.1 Å². The normalized spacial score (nSPS) is 12.3. The molecule has 0 aliphatic rings. The van der Waals surface area contributed by atoms with E-state index in [0.29, 0.717) is 11.6 Å². The van der Waals surface area contributed by atoms with Crippen LogP contribution in [0.4, 0.5) is 24.5 Å². The number of nitrogens with zero attached hydrogens (tertiary/aromatic N) is 1. The van der Waals surface area contributed by atoms with Gasteiger partial charge in [-0.3, -0.25) is 10.1 Å². The standard InChI is InChI=1S/C18H16ClF3N2O5/c1-2-29-16-8-10(3-6-15(16)24(27)28)7-14(17(25)26)23-13-5-4-11(9-12(13)19)18(20,21)22/h3-6,8-9,14,23H,2,7H2,1H3,(H,25,26)/t14-/m0/s1. The largest absolute Gasteiger partial charge is 0.487 e. The van der Waals surface area contributed by atoms with Crippen LogP contribution < -0.4 is 10.1 Å². The Kier molecular flexibility index (Phi) is 6.91. The third kappa shape index (κ3) is 5.74. The van der Waals surface area contributed by atoms with Crippen LogP contribution in [0.15, 0.2) is 36.4 Å². The Balaban J connectivity index is 2.26. The molecule has 0 spiro atoms. The molecular formula is C18H16ClF3N2O5. The summed E-state index contributed by atoms with van der Waals surface area (Å²) in [7, 11) is 0. The van der Waals surface area contributed by atoms with E-state index in [1.165, 1.54) is 18.2 Å². The Hall–Kier alpha value is -3.01. The smallest absolute Gasteiger partial charge is 0.416 e. The van der Waals surface area contributed by atoms with Gasteiger partial charge in [0, 0.05) is 12.5 Å². The first-order chi connectivity index (χ1) is 13.5. The summed E-state index contributed by atoms with van der Waals surface area (Å²) in [4.78, 5) is 22.0. The number of nitro groups is 1. The molecule has 7 nitrogen and oxygen atoms in total. The van der Waals surface area contributed by atoms with Crippen molar-refractivity contribution in [2.24, 2.45) is 0 Å². The lowest BCUT2D eigenvalue weighted by molar-refractivity contribution is -0.385. The average molecular weight is 433 g/mol. The van der Waals surface area contributed by atoms with Crippen LogP contribution in [0.5, 0.6) is 5.75 Å². The van der Waals surface area contributed by atoms with E-state index in [2.05, 4.69) is 5.32 Å². The predicted octanol–water partition coefficient (Wildman–Crippen LogP) is 4.77. The molecule has 0 saturated carbocycles. The molecule has 1 atom stereocenters. The molecule has 2 rings (SSSR count). The van der Waals surface area contributed by atoms with Crippen molar-refractivity contribution >= 4 is 28.9 Å². The molecule has 0 aliphatic heterocycles. The molecule has 156 valence electrons. The first-order valence-corrected chi connectivity index (χ1v) is 8.67. The van der Waals surface area contributed by atoms with Crippen LogP contribution in [-0.4, -0.2) is 28.6 Å². The molecule has 0 radical (unpaired) electrons. The van der Waals surface area contributed by atoms with Gasteiger partial charge < -0.3 is 15.2 Å². The predicted molar refractivity (Wildman–Crippen MR) is 99.5 cm³/mol. The highest BCUT2D eigenvalue weighted by Gasteiger charge is 2.31. The SMILES string of the molecule is CCOc1cc(C[C@H](Nc2ccc(C(F)(F)F)cc2Cl)C(=O)O)ccc1[N+](=O)[O-]. The maximum absolute atomic E-state index is 12.7. The van der Waals surface area contributed by atoms with E-state index in [9.17, 15) is 33.2 Å². The van der Waals surface area contributed by atoms with Crippen molar-refractivity contribution < 1.29 is 32.7 Å². The van der Waals surface area contributed by atoms with E-state index >= 15 is 0 Å². The Morgan fingerprint density at radius 3 is 2.52 bits per heavy atom. The molecule has 2 aromatic rings. The lowest BCUT2D eigenvalue weighted by atomic mass is 10.0. The third-order valence-electron chi connectivity index (χ3n) is 3.88. The molecule has 2 aromatic carbocycles. The van der Waals surface area contributed by atoms with E-state index in [4.69, 9.17) is 16.3 Å². The van der Waals surface area contributed by atoms with Crippen molar-refractivity contribution in [2.45, 2.75) is 25.6 Å². The van der Waals surface area contributed by atoms with Gasteiger partial charge in [0.1, 0.15) is 6.04 Å². The first kappa shape index (κ1) is 22.3. The number of carboxylic acid groups (broad SMARTS) is 1. The maximum atomic E-state index is 12.7. The minimum atomic E-state index is -4.58. The van der Waals surface area contributed by atoms with Crippen LogP contribution in [0, 0.1) is 10.1 Å². The zero-order valence-corrected chi connectivity index (χ0v) is 15.8. The van der Waals surface area contributed by atoms with Gasteiger partial charge in [-0.15, -0.1) is 0 Å². The highest BCUT2D eigenvalue weighted by atomic mass is 35.5. The first-order valence-electron chi connectivity index (χ1n) is 8.29. The third-order valence-corrected chi connectivity index (χ3v) is 4.20. The number of aliphatic carboxylic acids is 1.